The van der Waals surface area contributed by atoms with Crippen molar-refractivity contribution in [3.05, 3.63) is 28.5 Å². The van der Waals surface area contributed by atoms with Crippen molar-refractivity contribution < 1.29 is 0 Å². The molecule has 0 aliphatic heterocycles. The molecule has 0 aromatic carbocycles. The van der Waals surface area contributed by atoms with Crippen LogP contribution in [-0.2, 0) is 12.0 Å². The molecular formula is C15H23N5S. The molecule has 0 radical (unpaired) electrons. The highest BCUT2D eigenvalue weighted by Gasteiger charge is 2.19. The Bertz CT molecular complexity index is 560. The van der Waals surface area contributed by atoms with Gasteiger partial charge in [0, 0.05) is 23.4 Å². The minimum atomic E-state index is -0.0824. The van der Waals surface area contributed by atoms with Crippen LogP contribution in [0.3, 0.4) is 0 Å². The lowest BCUT2D eigenvalue weighted by molar-refractivity contribution is 0.546. The van der Waals surface area contributed by atoms with Gasteiger partial charge in [-0.25, -0.2) is 15.0 Å². The number of aromatic nitrogens is 3. The third-order valence-electron chi connectivity index (χ3n) is 2.89. The average Bonchev–Trinajstić information content (AvgIpc) is 2.95. The summed E-state index contributed by atoms with van der Waals surface area (Å²) in [5.41, 5.74) is 2.78. The van der Waals surface area contributed by atoms with E-state index in [0.717, 1.165) is 36.1 Å². The standard InChI is InChI=1S/C15H23N5S/c1-5-6-16-12-7-13(17-8-11-9-21-10-18-11)20-14(19-12)15(2,3)4/h7,9-10H,5-6,8H2,1-4H3,(H2,16,17,19,20). The van der Waals surface area contributed by atoms with E-state index in [-0.39, 0.29) is 5.41 Å². The predicted octanol–water partition coefficient (Wildman–Crippen LogP) is 3.66. The highest BCUT2D eigenvalue weighted by Crippen LogP contribution is 2.22. The second-order valence-corrected chi connectivity index (χ2v) is 6.69. The van der Waals surface area contributed by atoms with E-state index in [1.165, 1.54) is 0 Å². The van der Waals surface area contributed by atoms with Gasteiger partial charge in [0.25, 0.3) is 0 Å². The highest BCUT2D eigenvalue weighted by molar-refractivity contribution is 7.07. The van der Waals surface area contributed by atoms with Crippen molar-refractivity contribution in [2.75, 3.05) is 17.2 Å². The Morgan fingerprint density at radius 1 is 1.14 bits per heavy atom. The molecule has 2 aromatic heterocycles. The number of thiazole rings is 1. The maximum Gasteiger partial charge on any atom is 0.138 e. The van der Waals surface area contributed by atoms with Crippen molar-refractivity contribution in [2.24, 2.45) is 0 Å². The lowest BCUT2D eigenvalue weighted by Gasteiger charge is -2.19. The molecule has 0 aliphatic carbocycles. The average molecular weight is 305 g/mol. The zero-order valence-corrected chi connectivity index (χ0v) is 13.9. The summed E-state index contributed by atoms with van der Waals surface area (Å²) in [6.07, 6.45) is 1.07. The summed E-state index contributed by atoms with van der Waals surface area (Å²) in [4.78, 5) is 13.5. The van der Waals surface area contributed by atoms with Gasteiger partial charge in [0.05, 0.1) is 17.7 Å². The van der Waals surface area contributed by atoms with Gasteiger partial charge < -0.3 is 10.6 Å². The third-order valence-corrected chi connectivity index (χ3v) is 3.52. The lowest BCUT2D eigenvalue weighted by atomic mass is 9.96. The highest BCUT2D eigenvalue weighted by atomic mass is 32.1. The fraction of sp³-hybridized carbons (Fsp3) is 0.533. The SMILES string of the molecule is CCCNc1cc(NCc2cscn2)nc(C(C)(C)C)n1. The van der Waals surface area contributed by atoms with Gasteiger partial charge in [-0.15, -0.1) is 11.3 Å². The summed E-state index contributed by atoms with van der Waals surface area (Å²) in [5.74, 6) is 2.54. The summed E-state index contributed by atoms with van der Waals surface area (Å²) in [5, 5.41) is 8.70. The predicted molar refractivity (Wildman–Crippen MR) is 89.0 cm³/mol. The summed E-state index contributed by atoms with van der Waals surface area (Å²) in [7, 11) is 0. The molecule has 114 valence electrons. The first-order chi connectivity index (χ1) is 9.99. The topological polar surface area (TPSA) is 62.7 Å². The first-order valence-electron chi connectivity index (χ1n) is 7.23. The maximum atomic E-state index is 4.63. The van der Waals surface area contributed by atoms with Gasteiger partial charge in [0.1, 0.15) is 17.5 Å². The van der Waals surface area contributed by atoms with E-state index >= 15 is 0 Å². The second-order valence-electron chi connectivity index (χ2n) is 5.97. The van der Waals surface area contributed by atoms with Crippen LogP contribution in [0.15, 0.2) is 17.0 Å². The van der Waals surface area contributed by atoms with Crippen LogP contribution in [0, 0.1) is 0 Å². The molecule has 2 aromatic rings. The molecule has 2 heterocycles. The number of hydrogen-bond acceptors (Lipinski definition) is 6. The zero-order valence-electron chi connectivity index (χ0n) is 13.1. The van der Waals surface area contributed by atoms with Crippen LogP contribution in [0.25, 0.3) is 0 Å². The van der Waals surface area contributed by atoms with Crippen molar-refractivity contribution in [1.82, 2.24) is 15.0 Å². The van der Waals surface area contributed by atoms with E-state index in [0.29, 0.717) is 6.54 Å². The quantitative estimate of drug-likeness (QED) is 0.852. The Balaban J connectivity index is 2.17. The molecule has 2 rings (SSSR count). The molecule has 0 spiro atoms. The summed E-state index contributed by atoms with van der Waals surface area (Å²) in [6.45, 7) is 10.1. The van der Waals surface area contributed by atoms with Crippen LogP contribution < -0.4 is 10.6 Å². The zero-order chi connectivity index (χ0) is 15.3. The molecule has 0 atom stereocenters. The first-order valence-corrected chi connectivity index (χ1v) is 8.17. The lowest BCUT2D eigenvalue weighted by Crippen LogP contribution is -2.18. The number of anilines is 2. The molecule has 0 aliphatic rings. The number of nitrogens with zero attached hydrogens (tertiary/aromatic N) is 3. The number of nitrogens with one attached hydrogen (secondary N) is 2. The van der Waals surface area contributed by atoms with Crippen LogP contribution in [0.2, 0.25) is 0 Å². The Morgan fingerprint density at radius 2 is 1.86 bits per heavy atom. The van der Waals surface area contributed by atoms with E-state index in [1.807, 2.05) is 17.0 Å². The van der Waals surface area contributed by atoms with Crippen LogP contribution in [-0.4, -0.2) is 21.5 Å². The summed E-state index contributed by atoms with van der Waals surface area (Å²) >= 11 is 1.60. The van der Waals surface area contributed by atoms with E-state index in [2.05, 4.69) is 53.3 Å². The van der Waals surface area contributed by atoms with E-state index in [9.17, 15) is 0 Å². The Morgan fingerprint density at radius 3 is 2.43 bits per heavy atom. The minimum Gasteiger partial charge on any atom is -0.370 e. The first kappa shape index (κ1) is 15.7. The third kappa shape index (κ3) is 4.67. The van der Waals surface area contributed by atoms with E-state index in [4.69, 9.17) is 0 Å². The van der Waals surface area contributed by atoms with Gasteiger partial charge in [-0.1, -0.05) is 27.7 Å². The van der Waals surface area contributed by atoms with Gasteiger partial charge >= 0.3 is 0 Å². The molecule has 5 nitrogen and oxygen atoms in total. The van der Waals surface area contributed by atoms with Crippen LogP contribution in [0.1, 0.15) is 45.6 Å². The van der Waals surface area contributed by atoms with Gasteiger partial charge in [-0.2, -0.15) is 0 Å². The van der Waals surface area contributed by atoms with E-state index < -0.39 is 0 Å². The van der Waals surface area contributed by atoms with Crippen molar-refractivity contribution >= 4 is 23.0 Å². The van der Waals surface area contributed by atoms with Gasteiger partial charge in [0.2, 0.25) is 0 Å². The van der Waals surface area contributed by atoms with Gasteiger partial charge in [0.15, 0.2) is 0 Å². The molecule has 21 heavy (non-hydrogen) atoms. The minimum absolute atomic E-state index is 0.0824. The fourth-order valence-electron chi connectivity index (χ4n) is 1.72. The Hall–Kier alpha value is -1.69. The molecule has 0 bridgehead atoms. The number of rotatable bonds is 6. The Labute approximate surface area is 130 Å². The van der Waals surface area contributed by atoms with Crippen molar-refractivity contribution in [2.45, 2.75) is 46.1 Å². The largest absolute Gasteiger partial charge is 0.370 e. The van der Waals surface area contributed by atoms with Crippen molar-refractivity contribution in [3.8, 4) is 0 Å². The Kier molecular flexibility index (Phi) is 5.12. The molecule has 2 N–H and O–H groups in total. The molecule has 0 unspecified atom stereocenters. The fourth-order valence-corrected chi connectivity index (χ4v) is 2.28. The summed E-state index contributed by atoms with van der Waals surface area (Å²) in [6, 6.07) is 1.96. The van der Waals surface area contributed by atoms with Crippen LogP contribution in [0.4, 0.5) is 11.6 Å². The molecular weight excluding hydrogens is 282 g/mol. The molecule has 0 amide bonds. The monoisotopic (exact) mass is 305 g/mol. The normalized spacial score (nSPS) is 11.4. The van der Waals surface area contributed by atoms with Gasteiger partial charge in [-0.3, -0.25) is 0 Å². The van der Waals surface area contributed by atoms with Crippen LogP contribution >= 0.6 is 11.3 Å². The van der Waals surface area contributed by atoms with E-state index in [1.54, 1.807) is 11.3 Å². The summed E-state index contributed by atoms with van der Waals surface area (Å²) < 4.78 is 0. The second kappa shape index (κ2) is 6.85. The van der Waals surface area contributed by atoms with Crippen LogP contribution in [0.5, 0.6) is 0 Å². The molecule has 6 heteroatoms. The van der Waals surface area contributed by atoms with Gasteiger partial charge in [-0.05, 0) is 6.42 Å². The smallest absolute Gasteiger partial charge is 0.138 e. The molecule has 0 saturated heterocycles. The van der Waals surface area contributed by atoms with Crippen molar-refractivity contribution in [1.29, 1.82) is 0 Å². The molecule has 0 fully saturated rings. The van der Waals surface area contributed by atoms with Crippen molar-refractivity contribution in [3.63, 3.8) is 0 Å². The maximum absolute atomic E-state index is 4.63. The number of hydrogen-bond donors (Lipinski definition) is 2. The molecule has 0 saturated carbocycles.